The first-order chi connectivity index (χ1) is 5.20. The van der Waals surface area contributed by atoms with Crippen molar-refractivity contribution in [1.29, 1.82) is 0 Å². The van der Waals surface area contributed by atoms with Gasteiger partial charge >= 0.3 is 5.97 Å². The lowest BCUT2D eigenvalue weighted by Crippen LogP contribution is -2.08. The van der Waals surface area contributed by atoms with Crippen LogP contribution < -0.4 is 0 Å². The molecule has 3 heteroatoms. The average Bonchev–Trinajstić information content (AvgIpc) is 1.93. The van der Waals surface area contributed by atoms with Crippen molar-refractivity contribution >= 4 is 23.1 Å². The number of carbonyl (C=O) groups excluding carboxylic acids is 1. The third-order valence-electron chi connectivity index (χ3n) is 1.22. The van der Waals surface area contributed by atoms with Crippen LogP contribution in [0, 0.1) is 0 Å². The SMILES string of the molecule is CC(=O)OC1=CC=CCC1=S. The van der Waals surface area contributed by atoms with E-state index in [1.807, 2.05) is 12.2 Å². The lowest BCUT2D eigenvalue weighted by molar-refractivity contribution is -0.136. The maximum absolute atomic E-state index is 10.5. The van der Waals surface area contributed by atoms with Crippen LogP contribution in [0.1, 0.15) is 13.3 Å². The number of ether oxygens (including phenoxy) is 1. The topological polar surface area (TPSA) is 26.3 Å². The number of rotatable bonds is 1. The van der Waals surface area contributed by atoms with E-state index in [1.54, 1.807) is 6.08 Å². The first kappa shape index (κ1) is 8.14. The zero-order chi connectivity index (χ0) is 8.27. The Labute approximate surface area is 70.5 Å². The van der Waals surface area contributed by atoms with E-state index < -0.39 is 0 Å². The minimum absolute atomic E-state index is 0.325. The third-order valence-corrected chi connectivity index (χ3v) is 1.58. The lowest BCUT2D eigenvalue weighted by Gasteiger charge is -2.08. The highest BCUT2D eigenvalue weighted by atomic mass is 32.1. The van der Waals surface area contributed by atoms with Crippen molar-refractivity contribution < 1.29 is 9.53 Å². The number of hydrogen-bond donors (Lipinski definition) is 0. The Hall–Kier alpha value is -0.960. The number of hydrogen-bond acceptors (Lipinski definition) is 3. The van der Waals surface area contributed by atoms with Gasteiger partial charge in [0.2, 0.25) is 0 Å². The summed E-state index contributed by atoms with van der Waals surface area (Å²) in [5.41, 5.74) is 0. The van der Waals surface area contributed by atoms with Gasteiger partial charge in [0.15, 0.2) is 0 Å². The molecule has 0 saturated heterocycles. The fourth-order valence-electron chi connectivity index (χ4n) is 0.770. The molecular weight excluding hydrogens is 160 g/mol. The highest BCUT2D eigenvalue weighted by molar-refractivity contribution is 7.80. The fraction of sp³-hybridized carbons (Fsp3) is 0.250. The number of thiocarbonyl (C=S) groups is 1. The van der Waals surface area contributed by atoms with Gasteiger partial charge in [-0.3, -0.25) is 4.79 Å². The van der Waals surface area contributed by atoms with E-state index in [1.165, 1.54) is 6.92 Å². The second-order valence-corrected chi connectivity index (χ2v) is 2.67. The molecule has 0 aromatic heterocycles. The predicted octanol–water partition coefficient (Wildman–Crippen LogP) is 1.76. The van der Waals surface area contributed by atoms with Crippen LogP contribution in [0.2, 0.25) is 0 Å². The Morgan fingerprint density at radius 3 is 3.00 bits per heavy atom. The highest BCUT2D eigenvalue weighted by Gasteiger charge is 2.08. The fourth-order valence-corrected chi connectivity index (χ4v) is 0.976. The summed E-state index contributed by atoms with van der Waals surface area (Å²) in [7, 11) is 0. The van der Waals surface area contributed by atoms with E-state index in [0.717, 1.165) is 0 Å². The van der Waals surface area contributed by atoms with Gasteiger partial charge in [0.05, 0.1) is 4.86 Å². The van der Waals surface area contributed by atoms with E-state index in [9.17, 15) is 4.79 Å². The molecule has 0 atom stereocenters. The van der Waals surface area contributed by atoms with E-state index in [-0.39, 0.29) is 5.97 Å². The Balaban J connectivity index is 2.68. The summed E-state index contributed by atoms with van der Waals surface area (Å²) in [5.74, 6) is 0.184. The van der Waals surface area contributed by atoms with Crippen molar-refractivity contribution in [2.24, 2.45) is 0 Å². The molecule has 0 amide bonds. The summed E-state index contributed by atoms with van der Waals surface area (Å²) in [6.07, 6.45) is 6.14. The Bertz CT molecular complexity index is 251. The van der Waals surface area contributed by atoms with E-state index in [2.05, 4.69) is 0 Å². The molecule has 0 N–H and O–H groups in total. The van der Waals surface area contributed by atoms with Crippen LogP contribution in [0.3, 0.4) is 0 Å². The van der Waals surface area contributed by atoms with Crippen LogP contribution in [-0.2, 0) is 9.53 Å². The van der Waals surface area contributed by atoms with Crippen LogP contribution in [0.15, 0.2) is 24.0 Å². The average molecular weight is 168 g/mol. The quantitative estimate of drug-likeness (QED) is 0.441. The van der Waals surface area contributed by atoms with Gasteiger partial charge in [-0.15, -0.1) is 0 Å². The van der Waals surface area contributed by atoms with Gasteiger partial charge in [0, 0.05) is 13.3 Å². The number of esters is 1. The maximum atomic E-state index is 10.5. The predicted molar refractivity (Wildman–Crippen MR) is 46.2 cm³/mol. The van der Waals surface area contributed by atoms with Crippen molar-refractivity contribution in [3.63, 3.8) is 0 Å². The van der Waals surface area contributed by atoms with Crippen molar-refractivity contribution in [1.82, 2.24) is 0 Å². The minimum atomic E-state index is -0.325. The molecule has 0 aromatic carbocycles. The van der Waals surface area contributed by atoms with Crippen LogP contribution in [-0.4, -0.2) is 10.8 Å². The zero-order valence-electron chi connectivity index (χ0n) is 6.16. The van der Waals surface area contributed by atoms with Gasteiger partial charge in [-0.2, -0.15) is 0 Å². The van der Waals surface area contributed by atoms with Crippen LogP contribution in [0.25, 0.3) is 0 Å². The molecule has 2 nitrogen and oxygen atoms in total. The van der Waals surface area contributed by atoms with E-state index in [4.69, 9.17) is 17.0 Å². The van der Waals surface area contributed by atoms with E-state index >= 15 is 0 Å². The summed E-state index contributed by atoms with van der Waals surface area (Å²) < 4.78 is 4.83. The first-order valence-electron chi connectivity index (χ1n) is 3.28. The molecule has 1 aliphatic carbocycles. The summed E-state index contributed by atoms with van der Waals surface area (Å²) in [5, 5.41) is 0. The Morgan fingerprint density at radius 2 is 2.45 bits per heavy atom. The zero-order valence-corrected chi connectivity index (χ0v) is 6.98. The highest BCUT2D eigenvalue weighted by Crippen LogP contribution is 2.10. The van der Waals surface area contributed by atoms with Gasteiger partial charge in [-0.25, -0.2) is 0 Å². The Kier molecular flexibility index (Phi) is 2.54. The summed E-state index contributed by atoms with van der Waals surface area (Å²) >= 11 is 4.95. The summed E-state index contributed by atoms with van der Waals surface area (Å²) in [4.78, 5) is 11.2. The third kappa shape index (κ3) is 2.27. The number of carbonyl (C=O) groups is 1. The van der Waals surface area contributed by atoms with Crippen molar-refractivity contribution in [3.05, 3.63) is 24.0 Å². The molecule has 0 saturated carbocycles. The minimum Gasteiger partial charge on any atom is -0.426 e. The molecule has 0 heterocycles. The summed E-state index contributed by atoms with van der Waals surface area (Å²) in [6.45, 7) is 1.36. The van der Waals surface area contributed by atoms with Crippen molar-refractivity contribution in [2.45, 2.75) is 13.3 Å². The van der Waals surface area contributed by atoms with Gasteiger partial charge in [-0.05, 0) is 6.08 Å². The Morgan fingerprint density at radius 1 is 1.73 bits per heavy atom. The molecule has 0 fully saturated rings. The lowest BCUT2D eigenvalue weighted by atomic mass is 10.1. The molecule has 0 bridgehead atoms. The van der Waals surface area contributed by atoms with Gasteiger partial charge < -0.3 is 4.74 Å². The van der Waals surface area contributed by atoms with Crippen LogP contribution in [0.4, 0.5) is 0 Å². The molecule has 0 aliphatic heterocycles. The molecule has 0 radical (unpaired) electrons. The molecule has 0 spiro atoms. The molecule has 0 unspecified atom stereocenters. The molecule has 58 valence electrons. The van der Waals surface area contributed by atoms with E-state index in [0.29, 0.717) is 17.0 Å². The molecular formula is C8H8O2S. The molecule has 1 rings (SSSR count). The van der Waals surface area contributed by atoms with Crippen molar-refractivity contribution in [3.8, 4) is 0 Å². The van der Waals surface area contributed by atoms with Gasteiger partial charge in [0.25, 0.3) is 0 Å². The van der Waals surface area contributed by atoms with Crippen LogP contribution >= 0.6 is 12.2 Å². The number of allylic oxidation sites excluding steroid dienone is 4. The standard InChI is InChI=1S/C8H8O2S/c1-6(9)10-7-4-2-3-5-8(7)11/h2-4H,5H2,1H3. The second kappa shape index (κ2) is 3.44. The molecule has 0 aromatic rings. The normalized spacial score (nSPS) is 16.1. The van der Waals surface area contributed by atoms with Gasteiger partial charge in [-0.1, -0.05) is 24.4 Å². The molecule has 11 heavy (non-hydrogen) atoms. The maximum Gasteiger partial charge on any atom is 0.308 e. The summed E-state index contributed by atoms with van der Waals surface area (Å²) in [6, 6.07) is 0. The largest absolute Gasteiger partial charge is 0.426 e. The van der Waals surface area contributed by atoms with Gasteiger partial charge in [0.1, 0.15) is 5.76 Å². The first-order valence-corrected chi connectivity index (χ1v) is 3.69. The molecule has 1 aliphatic rings. The second-order valence-electron chi connectivity index (χ2n) is 2.18. The van der Waals surface area contributed by atoms with Crippen LogP contribution in [0.5, 0.6) is 0 Å². The van der Waals surface area contributed by atoms with Crippen molar-refractivity contribution in [2.75, 3.05) is 0 Å². The monoisotopic (exact) mass is 168 g/mol. The smallest absolute Gasteiger partial charge is 0.308 e.